The summed E-state index contributed by atoms with van der Waals surface area (Å²) in [4.78, 5) is 25.2. The second kappa shape index (κ2) is 6.93. The third-order valence-corrected chi connectivity index (χ3v) is 4.28. The van der Waals surface area contributed by atoms with Crippen molar-refractivity contribution >= 4 is 11.7 Å². The van der Waals surface area contributed by atoms with Crippen LogP contribution in [0.25, 0.3) is 0 Å². The molecule has 3 rings (SSSR count). The molecule has 4 nitrogen and oxygen atoms in total. The van der Waals surface area contributed by atoms with Crippen LogP contribution in [-0.4, -0.2) is 24.3 Å². The number of hydrogen-bond donors (Lipinski definition) is 2. The second-order valence-corrected chi connectivity index (χ2v) is 6.03. The van der Waals surface area contributed by atoms with Gasteiger partial charge in [0.2, 0.25) is 0 Å². The summed E-state index contributed by atoms with van der Waals surface area (Å²) in [6.07, 6.45) is 2.14. The Kier molecular flexibility index (Phi) is 4.71. The first-order valence-corrected chi connectivity index (χ1v) is 8.00. The number of carbonyl (C=O) groups is 2. The summed E-state index contributed by atoms with van der Waals surface area (Å²) in [7, 11) is 0. The normalized spacial score (nSPS) is 14.9. The molecule has 1 saturated carbocycles. The van der Waals surface area contributed by atoms with Crippen molar-refractivity contribution in [3.8, 4) is 0 Å². The minimum Gasteiger partial charge on any atom is -0.348 e. The molecule has 1 atom stereocenters. The van der Waals surface area contributed by atoms with E-state index in [1.165, 1.54) is 24.3 Å². The van der Waals surface area contributed by atoms with E-state index in [-0.39, 0.29) is 17.7 Å². The number of rotatable bonds is 6. The van der Waals surface area contributed by atoms with Gasteiger partial charge in [-0.1, -0.05) is 18.2 Å². The molecule has 1 aliphatic rings. The Labute approximate surface area is 139 Å². The fraction of sp³-hybridized carbons (Fsp3) is 0.263. The van der Waals surface area contributed by atoms with Crippen molar-refractivity contribution in [2.24, 2.45) is 11.7 Å². The lowest BCUT2D eigenvalue weighted by Crippen LogP contribution is -2.42. The van der Waals surface area contributed by atoms with Gasteiger partial charge in [0.25, 0.3) is 5.91 Å². The highest BCUT2D eigenvalue weighted by atomic mass is 19.1. The van der Waals surface area contributed by atoms with Gasteiger partial charge < -0.3 is 11.1 Å². The first kappa shape index (κ1) is 16.3. The quantitative estimate of drug-likeness (QED) is 0.801. The summed E-state index contributed by atoms with van der Waals surface area (Å²) >= 11 is 0. The van der Waals surface area contributed by atoms with E-state index >= 15 is 0 Å². The molecule has 5 heteroatoms. The summed E-state index contributed by atoms with van der Waals surface area (Å²) in [5.74, 6) is -0.591. The van der Waals surface area contributed by atoms with Gasteiger partial charge in [0, 0.05) is 23.7 Å². The van der Waals surface area contributed by atoms with Crippen molar-refractivity contribution in [2.45, 2.75) is 18.9 Å². The lowest BCUT2D eigenvalue weighted by molar-refractivity contribution is 0.0923. The Bertz CT molecular complexity index is 754. The molecule has 2 aromatic carbocycles. The van der Waals surface area contributed by atoms with Gasteiger partial charge in [-0.25, -0.2) is 4.39 Å². The highest BCUT2D eigenvalue weighted by Gasteiger charge is 2.32. The summed E-state index contributed by atoms with van der Waals surface area (Å²) in [6.45, 7) is 0.379. The van der Waals surface area contributed by atoms with Crippen LogP contribution in [0.2, 0.25) is 0 Å². The molecule has 0 heterocycles. The van der Waals surface area contributed by atoms with Crippen LogP contribution in [0, 0.1) is 11.7 Å². The number of hydrogen-bond acceptors (Lipinski definition) is 3. The minimum atomic E-state index is -0.409. The third-order valence-electron chi connectivity index (χ3n) is 4.28. The summed E-state index contributed by atoms with van der Waals surface area (Å²) < 4.78 is 13.0. The predicted octanol–water partition coefficient (Wildman–Crippen LogP) is 2.52. The minimum absolute atomic E-state index is 0.0634. The van der Waals surface area contributed by atoms with Crippen LogP contribution in [0.5, 0.6) is 0 Å². The van der Waals surface area contributed by atoms with Crippen molar-refractivity contribution in [3.63, 3.8) is 0 Å². The third kappa shape index (κ3) is 3.51. The molecule has 2 aromatic rings. The Morgan fingerprint density at radius 2 is 1.71 bits per heavy atom. The molecule has 3 N–H and O–H groups in total. The molecule has 0 saturated heterocycles. The lowest BCUT2D eigenvalue weighted by Gasteiger charge is -2.17. The van der Waals surface area contributed by atoms with Gasteiger partial charge in [0.15, 0.2) is 5.78 Å². The molecule has 0 spiro atoms. The van der Waals surface area contributed by atoms with Crippen molar-refractivity contribution < 1.29 is 14.0 Å². The molecule has 0 aromatic heterocycles. The molecule has 0 radical (unpaired) electrons. The van der Waals surface area contributed by atoms with Gasteiger partial charge in [-0.05, 0) is 49.1 Å². The van der Waals surface area contributed by atoms with Crippen molar-refractivity contribution in [3.05, 3.63) is 71.0 Å². The molecule has 1 fully saturated rings. The number of halogens is 1. The van der Waals surface area contributed by atoms with Crippen LogP contribution in [0.3, 0.4) is 0 Å². The second-order valence-electron chi connectivity index (χ2n) is 6.03. The van der Waals surface area contributed by atoms with E-state index < -0.39 is 5.82 Å². The van der Waals surface area contributed by atoms with Crippen LogP contribution in [0.15, 0.2) is 48.5 Å². The number of amides is 1. The average molecular weight is 326 g/mol. The van der Waals surface area contributed by atoms with Gasteiger partial charge in [-0.3, -0.25) is 9.59 Å². The van der Waals surface area contributed by atoms with Crippen molar-refractivity contribution in [2.75, 3.05) is 6.54 Å². The maximum Gasteiger partial charge on any atom is 0.252 e. The van der Waals surface area contributed by atoms with E-state index in [2.05, 4.69) is 5.32 Å². The topological polar surface area (TPSA) is 72.2 Å². The first-order chi connectivity index (χ1) is 11.6. The van der Waals surface area contributed by atoms with Crippen molar-refractivity contribution in [1.82, 2.24) is 5.32 Å². The standard InChI is InChI=1S/C19H19FN2O2/c20-14-9-7-13(8-10-14)18(23)15-3-1-2-4-16(15)19(24)22-17(11-21)12-5-6-12/h1-4,7-10,12,17H,5-6,11,21H2,(H,22,24). The molecule has 124 valence electrons. The number of nitrogens with one attached hydrogen (secondary N) is 1. The number of carbonyl (C=O) groups excluding carboxylic acids is 2. The van der Waals surface area contributed by atoms with E-state index in [0.717, 1.165) is 12.8 Å². The first-order valence-electron chi connectivity index (χ1n) is 8.00. The zero-order chi connectivity index (χ0) is 17.1. The predicted molar refractivity (Wildman–Crippen MR) is 89.3 cm³/mol. The Balaban J connectivity index is 1.85. The van der Waals surface area contributed by atoms with E-state index in [9.17, 15) is 14.0 Å². The van der Waals surface area contributed by atoms with Gasteiger partial charge in [-0.15, -0.1) is 0 Å². The molecular formula is C19H19FN2O2. The Morgan fingerprint density at radius 3 is 2.29 bits per heavy atom. The van der Waals surface area contributed by atoms with Crippen LogP contribution in [0.1, 0.15) is 39.1 Å². The highest BCUT2D eigenvalue weighted by molar-refractivity contribution is 6.15. The summed E-state index contributed by atoms with van der Waals surface area (Å²) in [6, 6.07) is 11.9. The zero-order valence-electron chi connectivity index (χ0n) is 13.2. The Morgan fingerprint density at radius 1 is 1.08 bits per heavy atom. The van der Waals surface area contributed by atoms with Gasteiger partial charge in [0.1, 0.15) is 5.82 Å². The van der Waals surface area contributed by atoms with E-state index in [4.69, 9.17) is 5.73 Å². The highest BCUT2D eigenvalue weighted by Crippen LogP contribution is 2.32. The van der Waals surface area contributed by atoms with Crippen LogP contribution in [-0.2, 0) is 0 Å². The van der Waals surface area contributed by atoms with Crippen LogP contribution < -0.4 is 11.1 Å². The fourth-order valence-corrected chi connectivity index (χ4v) is 2.75. The number of nitrogens with two attached hydrogens (primary N) is 1. The maximum absolute atomic E-state index is 13.0. The molecule has 0 aliphatic heterocycles. The fourth-order valence-electron chi connectivity index (χ4n) is 2.75. The smallest absolute Gasteiger partial charge is 0.252 e. The van der Waals surface area contributed by atoms with Crippen LogP contribution in [0.4, 0.5) is 4.39 Å². The summed E-state index contributed by atoms with van der Waals surface area (Å²) in [5, 5.41) is 2.92. The maximum atomic E-state index is 13.0. The van der Waals surface area contributed by atoms with Gasteiger partial charge in [0.05, 0.1) is 5.56 Å². The SMILES string of the molecule is NCC(NC(=O)c1ccccc1C(=O)c1ccc(F)cc1)C1CC1. The largest absolute Gasteiger partial charge is 0.348 e. The number of ketones is 1. The lowest BCUT2D eigenvalue weighted by atomic mass is 9.97. The molecule has 0 bridgehead atoms. The van der Waals surface area contributed by atoms with E-state index in [1.54, 1.807) is 24.3 Å². The van der Waals surface area contributed by atoms with Gasteiger partial charge in [-0.2, -0.15) is 0 Å². The monoisotopic (exact) mass is 326 g/mol. The Hall–Kier alpha value is -2.53. The van der Waals surface area contributed by atoms with Crippen molar-refractivity contribution in [1.29, 1.82) is 0 Å². The van der Waals surface area contributed by atoms with Gasteiger partial charge >= 0.3 is 0 Å². The molecular weight excluding hydrogens is 307 g/mol. The summed E-state index contributed by atoms with van der Waals surface area (Å²) in [5.41, 5.74) is 6.68. The van der Waals surface area contributed by atoms with Crippen LogP contribution >= 0.6 is 0 Å². The zero-order valence-corrected chi connectivity index (χ0v) is 13.2. The molecule has 24 heavy (non-hydrogen) atoms. The number of benzene rings is 2. The molecule has 1 unspecified atom stereocenters. The molecule has 1 aliphatic carbocycles. The average Bonchev–Trinajstić information content (AvgIpc) is 3.44. The van der Waals surface area contributed by atoms with E-state index in [0.29, 0.717) is 29.2 Å². The molecule has 1 amide bonds. The van der Waals surface area contributed by atoms with E-state index in [1.807, 2.05) is 0 Å².